The van der Waals surface area contributed by atoms with Crippen molar-refractivity contribution in [3.05, 3.63) is 47.4 Å². The number of carbonyl (C=O) groups is 1. The van der Waals surface area contributed by atoms with Crippen LogP contribution in [-0.4, -0.2) is 50.3 Å². The van der Waals surface area contributed by atoms with Crippen LogP contribution in [0.15, 0.2) is 33.6 Å². The Balaban J connectivity index is 1.36. The number of ether oxygens (including phenoxy) is 1. The van der Waals surface area contributed by atoms with E-state index >= 15 is 0 Å². The van der Waals surface area contributed by atoms with Crippen LogP contribution in [0.1, 0.15) is 40.5 Å². The molecule has 1 saturated heterocycles. The van der Waals surface area contributed by atoms with Gasteiger partial charge in [0, 0.05) is 31.0 Å². The lowest BCUT2D eigenvalue weighted by atomic mass is 10.1. The van der Waals surface area contributed by atoms with Gasteiger partial charge in [-0.1, -0.05) is 10.3 Å². The number of pyridine rings is 1. The van der Waals surface area contributed by atoms with Crippen molar-refractivity contribution in [1.29, 1.82) is 0 Å². The van der Waals surface area contributed by atoms with Crippen LogP contribution in [0.3, 0.4) is 0 Å². The van der Waals surface area contributed by atoms with Gasteiger partial charge in [-0.25, -0.2) is 0 Å². The van der Waals surface area contributed by atoms with Crippen LogP contribution in [0.4, 0.5) is 0 Å². The molecule has 0 saturated carbocycles. The Labute approximate surface area is 161 Å². The van der Waals surface area contributed by atoms with Crippen molar-refractivity contribution in [2.45, 2.75) is 39.4 Å². The summed E-state index contributed by atoms with van der Waals surface area (Å²) in [6, 6.07) is 3.61. The third-order valence-corrected chi connectivity index (χ3v) is 4.76. The lowest BCUT2D eigenvalue weighted by Crippen LogP contribution is -2.43. The number of aryl methyl sites for hydroxylation is 2. The summed E-state index contributed by atoms with van der Waals surface area (Å²) in [5, 5.41) is 7.83. The molecule has 146 valence electrons. The summed E-state index contributed by atoms with van der Waals surface area (Å²) in [7, 11) is 0. The summed E-state index contributed by atoms with van der Waals surface area (Å²) in [6.07, 6.45) is 5.00. The summed E-state index contributed by atoms with van der Waals surface area (Å²) < 4.78 is 16.3. The summed E-state index contributed by atoms with van der Waals surface area (Å²) >= 11 is 0. The number of carbonyl (C=O) groups excluding carboxylic acids is 1. The quantitative estimate of drug-likeness (QED) is 0.661. The minimum absolute atomic E-state index is 0.0657. The Morgan fingerprint density at radius 1 is 1.25 bits per heavy atom. The van der Waals surface area contributed by atoms with Gasteiger partial charge in [0.05, 0.1) is 11.8 Å². The molecule has 28 heavy (non-hydrogen) atoms. The molecule has 9 heteroatoms. The van der Waals surface area contributed by atoms with Crippen LogP contribution >= 0.6 is 0 Å². The van der Waals surface area contributed by atoms with Gasteiger partial charge in [0.2, 0.25) is 0 Å². The predicted octanol–water partition coefficient (Wildman–Crippen LogP) is 2.56. The summed E-state index contributed by atoms with van der Waals surface area (Å²) in [5.74, 6) is 1.38. The maximum absolute atomic E-state index is 12.8. The molecule has 3 aromatic heterocycles. The Bertz CT molecular complexity index is 933. The van der Waals surface area contributed by atoms with Crippen LogP contribution in [-0.2, 0) is 11.3 Å². The highest BCUT2D eigenvalue weighted by Gasteiger charge is 2.29. The molecule has 0 aromatic carbocycles. The first-order valence-corrected chi connectivity index (χ1v) is 9.18. The smallest absolute Gasteiger partial charge is 0.259 e. The van der Waals surface area contributed by atoms with E-state index in [4.69, 9.17) is 13.8 Å². The highest BCUT2D eigenvalue weighted by molar-refractivity contribution is 5.96. The van der Waals surface area contributed by atoms with Crippen LogP contribution in [0.2, 0.25) is 0 Å². The first kappa shape index (κ1) is 18.3. The number of hydrogen-bond acceptors (Lipinski definition) is 8. The molecule has 4 rings (SSSR count). The maximum Gasteiger partial charge on any atom is 0.259 e. The fourth-order valence-electron chi connectivity index (χ4n) is 3.32. The predicted molar refractivity (Wildman–Crippen MR) is 97.2 cm³/mol. The van der Waals surface area contributed by atoms with Crippen molar-refractivity contribution in [3.8, 4) is 11.5 Å². The van der Waals surface area contributed by atoms with Crippen molar-refractivity contribution in [2.75, 3.05) is 13.1 Å². The van der Waals surface area contributed by atoms with Crippen molar-refractivity contribution in [3.63, 3.8) is 0 Å². The molecule has 0 aliphatic carbocycles. The molecular weight excluding hydrogens is 362 g/mol. The largest absolute Gasteiger partial charge is 0.368 e. The van der Waals surface area contributed by atoms with E-state index in [2.05, 4.69) is 20.3 Å². The number of rotatable bonds is 5. The van der Waals surface area contributed by atoms with Crippen LogP contribution in [0.5, 0.6) is 0 Å². The van der Waals surface area contributed by atoms with Crippen molar-refractivity contribution in [2.24, 2.45) is 0 Å². The van der Waals surface area contributed by atoms with E-state index in [-0.39, 0.29) is 18.6 Å². The monoisotopic (exact) mass is 383 g/mol. The summed E-state index contributed by atoms with van der Waals surface area (Å²) in [5.41, 5.74) is 1.96. The molecular formula is C19H21N5O4. The van der Waals surface area contributed by atoms with Gasteiger partial charge < -0.3 is 18.7 Å². The fraction of sp³-hybridized carbons (Fsp3) is 0.421. The number of hydrogen-bond donors (Lipinski definition) is 0. The first-order valence-electron chi connectivity index (χ1n) is 9.18. The third-order valence-electron chi connectivity index (χ3n) is 4.76. The van der Waals surface area contributed by atoms with Crippen molar-refractivity contribution < 1.29 is 18.6 Å². The Morgan fingerprint density at radius 2 is 2.07 bits per heavy atom. The van der Waals surface area contributed by atoms with E-state index in [1.165, 1.54) is 0 Å². The first-order chi connectivity index (χ1) is 13.6. The second-order valence-corrected chi connectivity index (χ2v) is 6.78. The van der Waals surface area contributed by atoms with Crippen LogP contribution in [0.25, 0.3) is 11.5 Å². The van der Waals surface area contributed by atoms with Gasteiger partial charge in [-0.15, -0.1) is 0 Å². The van der Waals surface area contributed by atoms with Gasteiger partial charge in [0.15, 0.2) is 5.82 Å². The number of likely N-dealkylation sites (tertiary alicyclic amines) is 1. The number of aromatic nitrogens is 4. The molecule has 0 spiro atoms. The van der Waals surface area contributed by atoms with Crippen LogP contribution < -0.4 is 0 Å². The molecule has 9 nitrogen and oxygen atoms in total. The lowest BCUT2D eigenvalue weighted by Gasteiger charge is -2.32. The molecule has 3 aromatic rings. The third kappa shape index (κ3) is 3.79. The van der Waals surface area contributed by atoms with E-state index in [1.54, 1.807) is 43.3 Å². The van der Waals surface area contributed by atoms with Gasteiger partial charge in [0.1, 0.15) is 17.9 Å². The lowest BCUT2D eigenvalue weighted by molar-refractivity contribution is -0.00967. The number of amides is 1. The number of nitrogens with zero attached hydrogens (tertiary/aromatic N) is 5. The molecule has 0 N–H and O–H groups in total. The molecule has 1 aliphatic rings. The average Bonchev–Trinajstić information content (AvgIpc) is 3.33. The topological polar surface area (TPSA) is 107 Å². The molecule has 1 atom stereocenters. The maximum atomic E-state index is 12.8. The Hall–Kier alpha value is -3.07. The van der Waals surface area contributed by atoms with Crippen molar-refractivity contribution in [1.82, 2.24) is 25.2 Å². The normalized spacial score (nSPS) is 17.1. The van der Waals surface area contributed by atoms with Gasteiger partial charge in [-0.3, -0.25) is 9.78 Å². The minimum Gasteiger partial charge on any atom is -0.368 e. The second-order valence-electron chi connectivity index (χ2n) is 6.78. The van der Waals surface area contributed by atoms with Gasteiger partial charge in [-0.05, 0) is 38.8 Å². The summed E-state index contributed by atoms with van der Waals surface area (Å²) in [6.45, 7) is 4.96. The van der Waals surface area contributed by atoms with E-state index in [0.29, 0.717) is 41.8 Å². The SMILES string of the molecule is Cc1noc(C)c1C(=O)N1CCCC(OCc2noc(-c3ccncc3)n2)C1. The second kappa shape index (κ2) is 7.89. The molecule has 1 amide bonds. The van der Waals surface area contributed by atoms with E-state index in [0.717, 1.165) is 18.4 Å². The molecule has 1 aliphatic heterocycles. The van der Waals surface area contributed by atoms with Gasteiger partial charge in [0.25, 0.3) is 11.8 Å². The standard InChI is InChI=1S/C19H21N5O4/c1-12-17(13(2)27-22-12)19(25)24-9-3-4-15(10-24)26-11-16-21-18(28-23-16)14-5-7-20-8-6-14/h5-8,15H,3-4,9-11H2,1-2H3. The molecule has 1 fully saturated rings. The Kier molecular flexibility index (Phi) is 5.16. The zero-order valence-electron chi connectivity index (χ0n) is 15.8. The average molecular weight is 383 g/mol. The van der Waals surface area contributed by atoms with E-state index < -0.39 is 0 Å². The van der Waals surface area contributed by atoms with E-state index in [1.807, 2.05) is 0 Å². The highest BCUT2D eigenvalue weighted by Crippen LogP contribution is 2.21. The summed E-state index contributed by atoms with van der Waals surface area (Å²) in [4.78, 5) is 22.9. The molecule has 1 unspecified atom stereocenters. The van der Waals surface area contributed by atoms with Gasteiger partial charge >= 0.3 is 0 Å². The van der Waals surface area contributed by atoms with Gasteiger partial charge in [-0.2, -0.15) is 4.98 Å². The van der Waals surface area contributed by atoms with Crippen LogP contribution in [0, 0.1) is 13.8 Å². The minimum atomic E-state index is -0.0824. The van der Waals surface area contributed by atoms with Crippen molar-refractivity contribution >= 4 is 5.91 Å². The molecule has 4 heterocycles. The fourth-order valence-corrected chi connectivity index (χ4v) is 3.32. The molecule has 0 radical (unpaired) electrons. The number of piperidine rings is 1. The zero-order valence-corrected chi connectivity index (χ0v) is 15.8. The zero-order chi connectivity index (χ0) is 19.5. The van der Waals surface area contributed by atoms with E-state index in [9.17, 15) is 4.79 Å². The molecule has 0 bridgehead atoms. The Morgan fingerprint density at radius 3 is 2.82 bits per heavy atom. The highest BCUT2D eigenvalue weighted by atomic mass is 16.5.